The molecule has 0 saturated heterocycles. The van der Waals surface area contributed by atoms with E-state index in [1.165, 1.54) is 12.3 Å². The van der Waals surface area contributed by atoms with Gasteiger partial charge in [-0.15, -0.1) is 0 Å². The number of fused-ring (bicyclic) bond motifs is 1. The maximum atomic E-state index is 10.5. The SMILES string of the molecule is CC(C)=C1c2nccnc2C(O)N1c1ccc(O)cn1. The van der Waals surface area contributed by atoms with Gasteiger partial charge in [0.25, 0.3) is 0 Å². The molecule has 0 saturated carbocycles. The van der Waals surface area contributed by atoms with Crippen LogP contribution in [0.15, 0.2) is 36.3 Å². The summed E-state index contributed by atoms with van der Waals surface area (Å²) in [5.74, 6) is 0.612. The number of nitrogens with zero attached hydrogens (tertiary/aromatic N) is 4. The Morgan fingerprint density at radius 1 is 1.15 bits per heavy atom. The molecule has 2 aromatic heterocycles. The van der Waals surface area contributed by atoms with Crippen molar-refractivity contribution >= 4 is 11.5 Å². The van der Waals surface area contributed by atoms with E-state index in [1.807, 2.05) is 13.8 Å². The van der Waals surface area contributed by atoms with E-state index in [0.29, 0.717) is 17.2 Å². The fraction of sp³-hybridized carbons (Fsp3) is 0.214. The van der Waals surface area contributed by atoms with Crippen LogP contribution in [0.2, 0.25) is 0 Å². The predicted octanol–water partition coefficient (Wildman–Crippen LogP) is 1.84. The van der Waals surface area contributed by atoms with Crippen molar-refractivity contribution in [2.24, 2.45) is 0 Å². The summed E-state index contributed by atoms with van der Waals surface area (Å²) in [6.07, 6.45) is 3.57. The molecule has 2 aromatic rings. The van der Waals surface area contributed by atoms with Crippen molar-refractivity contribution < 1.29 is 10.2 Å². The van der Waals surface area contributed by atoms with Crippen LogP contribution in [0.25, 0.3) is 5.70 Å². The highest BCUT2D eigenvalue weighted by Crippen LogP contribution is 2.41. The summed E-state index contributed by atoms with van der Waals surface area (Å²) in [6, 6.07) is 3.18. The number of pyridine rings is 1. The number of hydrogen-bond donors (Lipinski definition) is 2. The molecule has 0 amide bonds. The van der Waals surface area contributed by atoms with Gasteiger partial charge in [-0.05, 0) is 26.0 Å². The van der Waals surface area contributed by atoms with Crippen molar-refractivity contribution in [3.63, 3.8) is 0 Å². The average molecular weight is 270 g/mol. The van der Waals surface area contributed by atoms with Crippen LogP contribution in [0.5, 0.6) is 5.75 Å². The van der Waals surface area contributed by atoms with Crippen LogP contribution in [0.4, 0.5) is 5.82 Å². The van der Waals surface area contributed by atoms with Gasteiger partial charge in [-0.2, -0.15) is 0 Å². The van der Waals surface area contributed by atoms with Crippen LogP contribution in [0.3, 0.4) is 0 Å². The van der Waals surface area contributed by atoms with Gasteiger partial charge in [0.1, 0.15) is 23.0 Å². The Balaban J connectivity index is 2.17. The van der Waals surface area contributed by atoms with Crippen molar-refractivity contribution in [2.45, 2.75) is 20.1 Å². The first-order valence-corrected chi connectivity index (χ1v) is 6.20. The minimum atomic E-state index is -0.930. The van der Waals surface area contributed by atoms with Gasteiger partial charge in [0, 0.05) is 12.4 Å². The molecular weight excluding hydrogens is 256 g/mol. The standard InChI is InChI=1S/C14H14N4O2/c1-8(2)13-11-12(16-6-5-15-11)14(20)18(13)10-4-3-9(19)7-17-10/h3-7,14,19-20H,1-2H3. The Morgan fingerprint density at radius 3 is 2.55 bits per heavy atom. The van der Waals surface area contributed by atoms with E-state index < -0.39 is 6.23 Å². The summed E-state index contributed by atoms with van der Waals surface area (Å²) >= 11 is 0. The summed E-state index contributed by atoms with van der Waals surface area (Å²) in [6.45, 7) is 3.89. The molecule has 3 rings (SSSR count). The summed E-state index contributed by atoms with van der Waals surface area (Å²) in [5, 5.41) is 19.8. The molecule has 1 aliphatic rings. The number of hydrogen-bond acceptors (Lipinski definition) is 6. The van der Waals surface area contributed by atoms with Crippen molar-refractivity contribution in [1.82, 2.24) is 15.0 Å². The first-order valence-electron chi connectivity index (χ1n) is 6.20. The zero-order chi connectivity index (χ0) is 14.3. The first kappa shape index (κ1) is 12.6. The second-order valence-electron chi connectivity index (χ2n) is 4.76. The molecule has 0 bridgehead atoms. The molecule has 0 fully saturated rings. The molecule has 1 unspecified atom stereocenters. The lowest BCUT2D eigenvalue weighted by molar-refractivity contribution is 0.186. The lowest BCUT2D eigenvalue weighted by atomic mass is 10.2. The number of aliphatic hydroxyl groups excluding tert-OH is 1. The second-order valence-corrected chi connectivity index (χ2v) is 4.76. The van der Waals surface area contributed by atoms with E-state index in [1.54, 1.807) is 23.4 Å². The van der Waals surface area contributed by atoms with E-state index in [4.69, 9.17) is 0 Å². The normalized spacial score (nSPS) is 17.2. The third-order valence-corrected chi connectivity index (χ3v) is 3.13. The Kier molecular flexibility index (Phi) is 2.87. The van der Waals surface area contributed by atoms with Gasteiger partial charge in [0.2, 0.25) is 0 Å². The molecule has 0 radical (unpaired) electrons. The molecule has 6 heteroatoms. The maximum absolute atomic E-state index is 10.5. The molecule has 0 aliphatic carbocycles. The molecule has 0 aromatic carbocycles. The predicted molar refractivity (Wildman–Crippen MR) is 73.6 cm³/mol. The van der Waals surface area contributed by atoms with Gasteiger partial charge in [-0.3, -0.25) is 14.9 Å². The van der Waals surface area contributed by atoms with Crippen LogP contribution >= 0.6 is 0 Å². The second kappa shape index (κ2) is 4.57. The lowest BCUT2D eigenvalue weighted by Crippen LogP contribution is -2.22. The zero-order valence-corrected chi connectivity index (χ0v) is 11.1. The van der Waals surface area contributed by atoms with Gasteiger partial charge in [-0.25, -0.2) is 4.98 Å². The van der Waals surface area contributed by atoms with Crippen molar-refractivity contribution in [3.8, 4) is 5.75 Å². The average Bonchev–Trinajstić information content (AvgIpc) is 2.74. The Morgan fingerprint density at radius 2 is 1.90 bits per heavy atom. The monoisotopic (exact) mass is 270 g/mol. The summed E-state index contributed by atoms with van der Waals surface area (Å²) in [7, 11) is 0. The molecule has 1 atom stereocenters. The van der Waals surface area contributed by atoms with E-state index in [2.05, 4.69) is 15.0 Å². The molecule has 0 spiro atoms. The molecule has 3 heterocycles. The van der Waals surface area contributed by atoms with Gasteiger partial charge in [0.15, 0.2) is 6.23 Å². The highest BCUT2D eigenvalue weighted by atomic mass is 16.3. The van der Waals surface area contributed by atoms with E-state index in [-0.39, 0.29) is 5.75 Å². The smallest absolute Gasteiger partial charge is 0.178 e. The topological polar surface area (TPSA) is 82.4 Å². The van der Waals surface area contributed by atoms with Crippen LogP contribution < -0.4 is 4.90 Å². The number of allylic oxidation sites excluding steroid dienone is 1. The van der Waals surface area contributed by atoms with Gasteiger partial charge < -0.3 is 10.2 Å². The Hall–Kier alpha value is -2.47. The summed E-state index contributed by atoms with van der Waals surface area (Å²) < 4.78 is 0. The third kappa shape index (κ3) is 1.81. The van der Waals surface area contributed by atoms with Gasteiger partial charge >= 0.3 is 0 Å². The highest BCUT2D eigenvalue weighted by molar-refractivity contribution is 5.83. The summed E-state index contributed by atoms with van der Waals surface area (Å²) in [4.78, 5) is 14.3. The zero-order valence-electron chi connectivity index (χ0n) is 11.1. The minimum Gasteiger partial charge on any atom is -0.506 e. The van der Waals surface area contributed by atoms with Crippen LogP contribution in [0.1, 0.15) is 31.5 Å². The van der Waals surface area contributed by atoms with Crippen LogP contribution in [-0.4, -0.2) is 25.2 Å². The molecule has 102 valence electrons. The maximum Gasteiger partial charge on any atom is 0.178 e. The lowest BCUT2D eigenvalue weighted by Gasteiger charge is -2.23. The largest absolute Gasteiger partial charge is 0.506 e. The van der Waals surface area contributed by atoms with Gasteiger partial charge in [-0.1, -0.05) is 5.57 Å². The van der Waals surface area contributed by atoms with Crippen LogP contribution in [0, 0.1) is 0 Å². The number of aliphatic hydroxyl groups is 1. The van der Waals surface area contributed by atoms with E-state index in [0.717, 1.165) is 11.3 Å². The van der Waals surface area contributed by atoms with Crippen LogP contribution in [-0.2, 0) is 0 Å². The number of aromatic nitrogens is 3. The Labute approximate surface area is 116 Å². The third-order valence-electron chi connectivity index (χ3n) is 3.13. The molecule has 2 N–H and O–H groups in total. The minimum absolute atomic E-state index is 0.0787. The van der Waals surface area contributed by atoms with Crippen molar-refractivity contribution in [3.05, 3.63) is 47.7 Å². The number of anilines is 1. The van der Waals surface area contributed by atoms with E-state index >= 15 is 0 Å². The quantitative estimate of drug-likeness (QED) is 0.822. The van der Waals surface area contributed by atoms with Crippen molar-refractivity contribution in [2.75, 3.05) is 4.90 Å². The summed E-state index contributed by atoms with van der Waals surface area (Å²) in [5.41, 5.74) is 2.96. The molecule has 1 aliphatic heterocycles. The first-order chi connectivity index (χ1) is 9.59. The number of aromatic hydroxyl groups is 1. The van der Waals surface area contributed by atoms with Gasteiger partial charge in [0.05, 0.1) is 11.9 Å². The number of rotatable bonds is 1. The molecule has 6 nitrogen and oxygen atoms in total. The molecular formula is C14H14N4O2. The fourth-order valence-electron chi connectivity index (χ4n) is 2.32. The fourth-order valence-corrected chi connectivity index (χ4v) is 2.32. The van der Waals surface area contributed by atoms with Crippen molar-refractivity contribution in [1.29, 1.82) is 0 Å². The molecule has 20 heavy (non-hydrogen) atoms. The Bertz CT molecular complexity index is 678. The van der Waals surface area contributed by atoms with E-state index in [9.17, 15) is 10.2 Å². The highest BCUT2D eigenvalue weighted by Gasteiger charge is 2.37.